The van der Waals surface area contributed by atoms with E-state index in [1.165, 1.54) is 10.9 Å². The molecule has 6 nitrogen and oxygen atoms in total. The zero-order valence-corrected chi connectivity index (χ0v) is 9.50. The zero-order valence-electron chi connectivity index (χ0n) is 9.50. The van der Waals surface area contributed by atoms with Gasteiger partial charge in [0.2, 0.25) is 0 Å². The van der Waals surface area contributed by atoms with Gasteiger partial charge in [-0.05, 0) is 11.6 Å². The van der Waals surface area contributed by atoms with Crippen LogP contribution < -0.4 is 11.5 Å². The van der Waals surface area contributed by atoms with Crippen LogP contribution in [-0.4, -0.2) is 15.7 Å². The molecule has 2 rings (SSSR count). The Morgan fingerprint density at radius 2 is 2.17 bits per heavy atom. The predicted octanol–water partition coefficient (Wildman–Crippen LogP) is 0.484. The number of nitriles is 1. The summed E-state index contributed by atoms with van der Waals surface area (Å²) in [5, 5.41) is 13.0. The standard InChI is InChI=1S/C12H11N5O/c13-5-8-3-1-2-4-9(8)6-17-7-10(14)11(16-17)12(15)18/h1-4,7H,6,14H2,(H2,15,18). The molecule has 4 N–H and O–H groups in total. The molecule has 1 heterocycles. The Morgan fingerprint density at radius 3 is 2.78 bits per heavy atom. The second-order valence-electron chi connectivity index (χ2n) is 3.76. The fourth-order valence-electron chi connectivity index (χ4n) is 1.65. The smallest absolute Gasteiger partial charge is 0.271 e. The fourth-order valence-corrected chi connectivity index (χ4v) is 1.65. The highest BCUT2D eigenvalue weighted by Gasteiger charge is 2.12. The number of aromatic nitrogens is 2. The molecule has 1 amide bonds. The van der Waals surface area contributed by atoms with Crippen LogP contribution in [-0.2, 0) is 6.54 Å². The van der Waals surface area contributed by atoms with Crippen molar-refractivity contribution in [1.29, 1.82) is 5.26 Å². The van der Waals surface area contributed by atoms with E-state index < -0.39 is 5.91 Å². The minimum Gasteiger partial charge on any atom is -0.396 e. The molecule has 2 aromatic rings. The summed E-state index contributed by atoms with van der Waals surface area (Å²) in [4.78, 5) is 11.0. The maximum Gasteiger partial charge on any atom is 0.271 e. The SMILES string of the molecule is N#Cc1ccccc1Cn1cc(N)c(C(N)=O)n1. The zero-order chi connectivity index (χ0) is 13.1. The maximum absolute atomic E-state index is 11.0. The Kier molecular flexibility index (Phi) is 2.98. The number of nitrogens with two attached hydrogens (primary N) is 2. The topological polar surface area (TPSA) is 111 Å². The van der Waals surface area contributed by atoms with Gasteiger partial charge in [0.1, 0.15) is 0 Å². The Morgan fingerprint density at radius 1 is 1.44 bits per heavy atom. The monoisotopic (exact) mass is 241 g/mol. The van der Waals surface area contributed by atoms with Gasteiger partial charge in [0.25, 0.3) is 5.91 Å². The molecule has 90 valence electrons. The third kappa shape index (κ3) is 2.15. The van der Waals surface area contributed by atoms with Crippen molar-refractivity contribution in [2.24, 2.45) is 5.73 Å². The van der Waals surface area contributed by atoms with Crippen molar-refractivity contribution in [3.05, 3.63) is 47.3 Å². The van der Waals surface area contributed by atoms with Gasteiger partial charge in [0.15, 0.2) is 5.69 Å². The molecule has 0 fully saturated rings. The van der Waals surface area contributed by atoms with Gasteiger partial charge in [-0.1, -0.05) is 18.2 Å². The number of hydrogen-bond acceptors (Lipinski definition) is 4. The summed E-state index contributed by atoms with van der Waals surface area (Å²) in [7, 11) is 0. The summed E-state index contributed by atoms with van der Waals surface area (Å²) < 4.78 is 1.49. The molecule has 0 aliphatic rings. The number of carbonyl (C=O) groups excluding carboxylic acids is 1. The van der Waals surface area contributed by atoms with Crippen molar-refractivity contribution < 1.29 is 4.79 Å². The summed E-state index contributed by atoms with van der Waals surface area (Å²) in [5.74, 6) is -0.667. The normalized spacial score (nSPS) is 9.94. The number of primary amides is 1. The first-order chi connectivity index (χ1) is 8.61. The van der Waals surface area contributed by atoms with E-state index in [1.807, 2.05) is 12.1 Å². The first-order valence-corrected chi connectivity index (χ1v) is 5.22. The van der Waals surface area contributed by atoms with E-state index in [-0.39, 0.29) is 11.4 Å². The molecule has 0 spiro atoms. The second kappa shape index (κ2) is 4.59. The van der Waals surface area contributed by atoms with E-state index in [1.54, 1.807) is 12.1 Å². The van der Waals surface area contributed by atoms with Gasteiger partial charge in [-0.25, -0.2) is 0 Å². The molecule has 0 radical (unpaired) electrons. The third-order valence-electron chi connectivity index (χ3n) is 2.49. The van der Waals surface area contributed by atoms with E-state index in [4.69, 9.17) is 16.7 Å². The molecule has 1 aromatic heterocycles. The summed E-state index contributed by atoms with van der Waals surface area (Å²) in [6.45, 7) is 0.362. The van der Waals surface area contributed by atoms with Crippen molar-refractivity contribution in [2.75, 3.05) is 5.73 Å². The van der Waals surface area contributed by atoms with Crippen LogP contribution in [0.3, 0.4) is 0 Å². The first-order valence-electron chi connectivity index (χ1n) is 5.22. The van der Waals surface area contributed by atoms with Crippen LogP contribution in [0.2, 0.25) is 0 Å². The highest BCUT2D eigenvalue weighted by atomic mass is 16.1. The summed E-state index contributed by atoms with van der Waals surface area (Å²) in [5.41, 5.74) is 12.4. The van der Waals surface area contributed by atoms with Gasteiger partial charge in [0.05, 0.1) is 23.9 Å². The lowest BCUT2D eigenvalue weighted by Gasteiger charge is -2.03. The third-order valence-corrected chi connectivity index (χ3v) is 2.49. The van der Waals surface area contributed by atoms with E-state index >= 15 is 0 Å². The number of carbonyl (C=O) groups is 1. The van der Waals surface area contributed by atoms with Crippen LogP contribution in [0.25, 0.3) is 0 Å². The lowest BCUT2D eigenvalue weighted by atomic mass is 10.1. The molecule has 0 saturated carbocycles. The molecule has 18 heavy (non-hydrogen) atoms. The number of benzene rings is 1. The second-order valence-corrected chi connectivity index (χ2v) is 3.76. The predicted molar refractivity (Wildman–Crippen MR) is 65.4 cm³/mol. The molecule has 6 heteroatoms. The maximum atomic E-state index is 11.0. The Bertz CT molecular complexity index is 638. The van der Waals surface area contributed by atoms with Crippen LogP contribution in [0.4, 0.5) is 5.69 Å². The minimum absolute atomic E-state index is 0.0458. The number of hydrogen-bond donors (Lipinski definition) is 2. The van der Waals surface area contributed by atoms with Gasteiger partial charge >= 0.3 is 0 Å². The molecule has 0 atom stereocenters. The Hall–Kier alpha value is -2.81. The van der Waals surface area contributed by atoms with E-state index in [9.17, 15) is 4.79 Å². The van der Waals surface area contributed by atoms with Gasteiger partial charge in [-0.2, -0.15) is 10.4 Å². The van der Waals surface area contributed by atoms with Crippen molar-refractivity contribution >= 4 is 11.6 Å². The van der Waals surface area contributed by atoms with Crippen LogP contribution in [0, 0.1) is 11.3 Å². The Labute approximate surface area is 103 Å². The number of rotatable bonds is 3. The first kappa shape index (κ1) is 11.7. The molecule has 0 aliphatic heterocycles. The fraction of sp³-hybridized carbons (Fsp3) is 0.0833. The number of nitrogen functional groups attached to an aromatic ring is 1. The van der Waals surface area contributed by atoms with E-state index in [0.29, 0.717) is 12.1 Å². The molecule has 0 unspecified atom stereocenters. The van der Waals surface area contributed by atoms with Gasteiger partial charge in [0, 0.05) is 6.20 Å². The van der Waals surface area contributed by atoms with E-state index in [2.05, 4.69) is 11.2 Å². The van der Waals surface area contributed by atoms with Crippen LogP contribution >= 0.6 is 0 Å². The molecule has 1 aromatic carbocycles. The van der Waals surface area contributed by atoms with Crippen molar-refractivity contribution in [3.63, 3.8) is 0 Å². The van der Waals surface area contributed by atoms with Gasteiger partial charge < -0.3 is 11.5 Å². The van der Waals surface area contributed by atoms with Gasteiger partial charge in [-0.15, -0.1) is 0 Å². The summed E-state index contributed by atoms with van der Waals surface area (Å²) in [6, 6.07) is 9.25. The molecule has 0 bridgehead atoms. The van der Waals surface area contributed by atoms with Gasteiger partial charge in [-0.3, -0.25) is 9.48 Å². The number of nitrogens with zero attached hydrogens (tertiary/aromatic N) is 3. The number of amides is 1. The molecule has 0 aliphatic carbocycles. The average Bonchev–Trinajstić information content (AvgIpc) is 2.71. The molecule has 0 saturated heterocycles. The number of anilines is 1. The quantitative estimate of drug-likeness (QED) is 0.814. The Balaban J connectivity index is 2.32. The largest absolute Gasteiger partial charge is 0.396 e. The lowest BCUT2D eigenvalue weighted by Crippen LogP contribution is -2.14. The van der Waals surface area contributed by atoms with Crippen molar-refractivity contribution in [3.8, 4) is 6.07 Å². The molecular formula is C12H11N5O. The average molecular weight is 241 g/mol. The summed E-state index contributed by atoms with van der Waals surface area (Å²) >= 11 is 0. The molecular weight excluding hydrogens is 230 g/mol. The summed E-state index contributed by atoms with van der Waals surface area (Å²) in [6.07, 6.45) is 1.52. The van der Waals surface area contributed by atoms with Crippen LogP contribution in [0.5, 0.6) is 0 Å². The van der Waals surface area contributed by atoms with Crippen molar-refractivity contribution in [1.82, 2.24) is 9.78 Å². The highest BCUT2D eigenvalue weighted by molar-refractivity contribution is 5.95. The lowest BCUT2D eigenvalue weighted by molar-refractivity contribution is 0.0995. The van der Waals surface area contributed by atoms with Crippen LogP contribution in [0.1, 0.15) is 21.6 Å². The minimum atomic E-state index is -0.667. The van der Waals surface area contributed by atoms with E-state index in [0.717, 1.165) is 5.56 Å². The van der Waals surface area contributed by atoms with Crippen LogP contribution in [0.15, 0.2) is 30.5 Å². The van der Waals surface area contributed by atoms with Crippen molar-refractivity contribution in [2.45, 2.75) is 6.54 Å². The highest BCUT2D eigenvalue weighted by Crippen LogP contribution is 2.12.